The third kappa shape index (κ3) is 5.16. The Morgan fingerprint density at radius 2 is 2.23 bits per heavy atom. The number of nitrogens with one attached hydrogen (secondary N) is 1. The summed E-state index contributed by atoms with van der Waals surface area (Å²) in [6, 6.07) is 5.73. The number of hydrogen-bond acceptors (Lipinski definition) is 7. The fourth-order valence-corrected chi connectivity index (χ4v) is 5.04. The number of nitrogens with zero attached hydrogens (tertiary/aromatic N) is 2. The van der Waals surface area contributed by atoms with Crippen molar-refractivity contribution < 1.29 is 23.5 Å². The normalized spacial score (nSPS) is 18.4. The highest BCUT2D eigenvalue weighted by Crippen LogP contribution is 2.39. The molecule has 8 nitrogen and oxygen atoms in total. The molecular weight excluding hydrogens is 418 g/mol. The second-order valence-corrected chi connectivity index (χ2v) is 8.55. The lowest BCUT2D eigenvalue weighted by atomic mass is 9.88. The Balaban J connectivity index is 1.36. The first-order chi connectivity index (χ1) is 15.1. The maximum Gasteiger partial charge on any atom is 0.409 e. The molecule has 1 saturated heterocycles. The Labute approximate surface area is 184 Å². The van der Waals surface area contributed by atoms with Gasteiger partial charge in [-0.15, -0.1) is 11.3 Å². The minimum atomic E-state index is -0.317. The molecule has 2 aromatic heterocycles. The molecule has 1 fully saturated rings. The number of nitriles is 1. The number of thiophene rings is 1. The van der Waals surface area contributed by atoms with E-state index in [9.17, 15) is 14.9 Å². The van der Waals surface area contributed by atoms with Crippen LogP contribution >= 0.6 is 11.3 Å². The van der Waals surface area contributed by atoms with Crippen LogP contribution in [0.2, 0.25) is 0 Å². The summed E-state index contributed by atoms with van der Waals surface area (Å²) in [5.41, 5.74) is 1.53. The molecule has 1 unspecified atom stereocenters. The minimum Gasteiger partial charge on any atom is -0.465 e. The SMILES string of the molecule is N#Cc1c(NC(=O)C=Cc2ccco2)sc2c1CCC(COC(=O)N1CCOCC1)C2. The Morgan fingerprint density at radius 1 is 1.39 bits per heavy atom. The van der Waals surface area contributed by atoms with Crippen molar-refractivity contribution in [2.45, 2.75) is 19.3 Å². The van der Waals surface area contributed by atoms with Gasteiger partial charge in [-0.2, -0.15) is 5.26 Å². The van der Waals surface area contributed by atoms with E-state index in [1.807, 2.05) is 0 Å². The van der Waals surface area contributed by atoms with Crippen molar-refractivity contribution in [3.8, 4) is 6.07 Å². The van der Waals surface area contributed by atoms with E-state index in [2.05, 4.69) is 11.4 Å². The summed E-state index contributed by atoms with van der Waals surface area (Å²) < 4.78 is 15.9. The van der Waals surface area contributed by atoms with Gasteiger partial charge in [0, 0.05) is 24.0 Å². The number of furan rings is 1. The van der Waals surface area contributed by atoms with Crippen LogP contribution in [0.25, 0.3) is 6.08 Å². The molecule has 2 amide bonds. The highest BCUT2D eigenvalue weighted by molar-refractivity contribution is 7.16. The van der Waals surface area contributed by atoms with E-state index >= 15 is 0 Å². The number of morpholine rings is 1. The number of ether oxygens (including phenoxy) is 2. The number of carbonyl (C=O) groups is 2. The van der Waals surface area contributed by atoms with Crippen molar-refractivity contribution >= 4 is 34.4 Å². The number of amides is 2. The van der Waals surface area contributed by atoms with Crippen molar-refractivity contribution in [1.82, 2.24) is 4.90 Å². The molecule has 0 saturated carbocycles. The molecule has 1 aliphatic heterocycles. The molecule has 3 heterocycles. The van der Waals surface area contributed by atoms with Gasteiger partial charge in [0.15, 0.2) is 0 Å². The van der Waals surface area contributed by atoms with Crippen LogP contribution in [0, 0.1) is 17.2 Å². The maximum absolute atomic E-state index is 12.3. The van der Waals surface area contributed by atoms with E-state index in [0.717, 1.165) is 29.7 Å². The van der Waals surface area contributed by atoms with Crippen LogP contribution in [-0.4, -0.2) is 49.8 Å². The van der Waals surface area contributed by atoms with Crippen LogP contribution in [0.15, 0.2) is 28.9 Å². The summed E-state index contributed by atoms with van der Waals surface area (Å²) in [7, 11) is 0. The van der Waals surface area contributed by atoms with E-state index in [-0.39, 0.29) is 17.9 Å². The van der Waals surface area contributed by atoms with Crippen molar-refractivity contribution in [2.75, 3.05) is 38.2 Å². The van der Waals surface area contributed by atoms with Crippen LogP contribution in [0.3, 0.4) is 0 Å². The lowest BCUT2D eigenvalue weighted by Gasteiger charge is -2.27. The summed E-state index contributed by atoms with van der Waals surface area (Å²) in [5, 5.41) is 13.0. The van der Waals surface area contributed by atoms with Gasteiger partial charge in [0.2, 0.25) is 5.91 Å². The Hall–Kier alpha value is -3.09. The van der Waals surface area contributed by atoms with Crippen LogP contribution < -0.4 is 5.32 Å². The largest absolute Gasteiger partial charge is 0.465 e. The van der Waals surface area contributed by atoms with Gasteiger partial charge in [-0.3, -0.25) is 4.79 Å². The standard InChI is InChI=1S/C22H23N3O5S/c23-13-18-17-5-3-15(14-30-22(27)25-7-10-28-11-8-25)12-19(17)31-21(18)24-20(26)6-4-16-2-1-9-29-16/h1-2,4,6,9,15H,3,5,7-8,10-12,14H2,(H,24,26). The van der Waals surface area contributed by atoms with Gasteiger partial charge in [0.1, 0.15) is 16.8 Å². The molecule has 2 aliphatic rings. The van der Waals surface area contributed by atoms with Crippen molar-refractivity contribution in [1.29, 1.82) is 5.26 Å². The smallest absolute Gasteiger partial charge is 0.409 e. The minimum absolute atomic E-state index is 0.199. The number of hydrogen-bond donors (Lipinski definition) is 1. The van der Waals surface area contributed by atoms with Crippen molar-refractivity contribution in [3.05, 3.63) is 46.2 Å². The van der Waals surface area contributed by atoms with E-state index in [0.29, 0.717) is 49.2 Å². The van der Waals surface area contributed by atoms with Crippen LogP contribution in [0.1, 0.15) is 28.2 Å². The summed E-state index contributed by atoms with van der Waals surface area (Å²) in [4.78, 5) is 27.2. The molecule has 0 spiro atoms. The third-order valence-electron chi connectivity index (χ3n) is 5.37. The highest BCUT2D eigenvalue weighted by Gasteiger charge is 2.28. The van der Waals surface area contributed by atoms with Gasteiger partial charge in [0.25, 0.3) is 0 Å². The molecule has 1 N–H and O–H groups in total. The average molecular weight is 442 g/mol. The molecule has 0 bridgehead atoms. The van der Waals surface area contributed by atoms with Crippen LogP contribution in [-0.2, 0) is 27.1 Å². The summed E-state index contributed by atoms with van der Waals surface area (Å²) in [6.45, 7) is 2.55. The van der Waals surface area contributed by atoms with Crippen LogP contribution in [0.4, 0.5) is 9.80 Å². The quantitative estimate of drug-likeness (QED) is 0.713. The zero-order chi connectivity index (χ0) is 21.6. The molecule has 31 heavy (non-hydrogen) atoms. The fourth-order valence-electron chi connectivity index (χ4n) is 3.73. The van der Waals surface area contributed by atoms with E-state index in [1.54, 1.807) is 23.1 Å². The van der Waals surface area contributed by atoms with E-state index in [4.69, 9.17) is 13.9 Å². The molecule has 162 valence electrons. The van der Waals surface area contributed by atoms with Gasteiger partial charge in [-0.05, 0) is 49.0 Å². The predicted octanol–water partition coefficient (Wildman–Crippen LogP) is 3.44. The summed E-state index contributed by atoms with van der Waals surface area (Å²) in [6.07, 6.45) is 6.48. The van der Waals surface area contributed by atoms with Crippen molar-refractivity contribution in [3.63, 3.8) is 0 Å². The summed E-state index contributed by atoms with van der Waals surface area (Å²) in [5.74, 6) is 0.461. The molecule has 0 radical (unpaired) electrons. The van der Waals surface area contributed by atoms with Gasteiger partial charge in [0.05, 0.1) is 31.6 Å². The molecule has 9 heteroatoms. The number of fused-ring (bicyclic) bond motifs is 1. The number of rotatable bonds is 5. The summed E-state index contributed by atoms with van der Waals surface area (Å²) >= 11 is 1.43. The molecule has 1 aliphatic carbocycles. The zero-order valence-corrected chi connectivity index (χ0v) is 17.8. The lowest BCUT2D eigenvalue weighted by Crippen LogP contribution is -2.41. The van der Waals surface area contributed by atoms with E-state index < -0.39 is 0 Å². The second kappa shape index (κ2) is 9.81. The van der Waals surface area contributed by atoms with Crippen LogP contribution in [0.5, 0.6) is 0 Å². The Bertz CT molecular complexity index is 999. The lowest BCUT2D eigenvalue weighted by molar-refractivity contribution is -0.111. The number of carbonyl (C=O) groups excluding carboxylic acids is 2. The topological polar surface area (TPSA) is 105 Å². The van der Waals surface area contributed by atoms with Gasteiger partial charge >= 0.3 is 6.09 Å². The first kappa shape index (κ1) is 21.2. The number of anilines is 1. The average Bonchev–Trinajstić information content (AvgIpc) is 3.43. The maximum atomic E-state index is 12.3. The Kier molecular flexibility index (Phi) is 6.70. The predicted molar refractivity (Wildman–Crippen MR) is 115 cm³/mol. The first-order valence-corrected chi connectivity index (χ1v) is 11.0. The zero-order valence-electron chi connectivity index (χ0n) is 17.0. The van der Waals surface area contributed by atoms with E-state index in [1.165, 1.54) is 23.7 Å². The Morgan fingerprint density at radius 3 is 2.97 bits per heavy atom. The van der Waals surface area contributed by atoms with Gasteiger partial charge in [-0.1, -0.05) is 0 Å². The van der Waals surface area contributed by atoms with Crippen molar-refractivity contribution in [2.24, 2.45) is 5.92 Å². The fraction of sp³-hybridized carbons (Fsp3) is 0.409. The third-order valence-corrected chi connectivity index (χ3v) is 6.54. The monoisotopic (exact) mass is 441 g/mol. The molecule has 4 rings (SSSR count). The second-order valence-electron chi connectivity index (χ2n) is 7.44. The molecular formula is C22H23N3O5S. The highest BCUT2D eigenvalue weighted by atomic mass is 32.1. The molecule has 0 aromatic carbocycles. The molecule has 2 aromatic rings. The molecule has 1 atom stereocenters. The van der Waals surface area contributed by atoms with Gasteiger partial charge in [-0.25, -0.2) is 4.79 Å². The van der Waals surface area contributed by atoms with Gasteiger partial charge < -0.3 is 24.1 Å². The first-order valence-electron chi connectivity index (χ1n) is 10.2.